The van der Waals surface area contributed by atoms with Crippen molar-refractivity contribution in [2.75, 3.05) is 13.2 Å². The Morgan fingerprint density at radius 1 is 1.50 bits per heavy atom. The maximum absolute atomic E-state index is 5.73. The predicted molar refractivity (Wildman–Crippen MR) is 54.1 cm³/mol. The third-order valence-electron chi connectivity index (χ3n) is 2.67. The standard InChI is InChI=1S/C11H17NO2/c1-11(2)5-7-14-10(8-12-11)9-4-3-6-13-9/h3-4,6,10,12H,5,7-8H2,1-2H3. The van der Waals surface area contributed by atoms with Crippen LogP contribution in [0.3, 0.4) is 0 Å². The normalized spacial score (nSPS) is 27.1. The van der Waals surface area contributed by atoms with Gasteiger partial charge in [0.2, 0.25) is 0 Å². The Balaban J connectivity index is 2.03. The molecule has 2 rings (SSSR count). The lowest BCUT2D eigenvalue weighted by Gasteiger charge is -2.22. The molecule has 1 aliphatic heterocycles. The molecule has 0 aliphatic carbocycles. The minimum Gasteiger partial charge on any atom is -0.467 e. The molecule has 0 amide bonds. The fourth-order valence-corrected chi connectivity index (χ4v) is 1.63. The van der Waals surface area contributed by atoms with E-state index in [1.807, 2.05) is 12.1 Å². The molecule has 0 aromatic carbocycles. The van der Waals surface area contributed by atoms with Crippen molar-refractivity contribution in [2.45, 2.75) is 31.9 Å². The molecule has 0 spiro atoms. The van der Waals surface area contributed by atoms with Crippen molar-refractivity contribution in [1.82, 2.24) is 5.32 Å². The quantitative estimate of drug-likeness (QED) is 0.745. The van der Waals surface area contributed by atoms with Crippen molar-refractivity contribution < 1.29 is 9.15 Å². The SMILES string of the molecule is CC1(C)CCOC(c2ccco2)CN1. The van der Waals surface area contributed by atoms with E-state index in [-0.39, 0.29) is 11.6 Å². The molecule has 14 heavy (non-hydrogen) atoms. The van der Waals surface area contributed by atoms with E-state index in [0.717, 1.165) is 25.3 Å². The van der Waals surface area contributed by atoms with Crippen molar-refractivity contribution >= 4 is 0 Å². The first-order valence-corrected chi connectivity index (χ1v) is 5.07. The smallest absolute Gasteiger partial charge is 0.133 e. The minimum absolute atomic E-state index is 0.0618. The Kier molecular flexibility index (Phi) is 2.61. The van der Waals surface area contributed by atoms with E-state index in [0.29, 0.717) is 0 Å². The maximum atomic E-state index is 5.73. The van der Waals surface area contributed by atoms with E-state index >= 15 is 0 Å². The molecule has 3 heteroatoms. The number of nitrogens with one attached hydrogen (secondary N) is 1. The van der Waals surface area contributed by atoms with E-state index in [9.17, 15) is 0 Å². The van der Waals surface area contributed by atoms with Crippen LogP contribution in [0, 0.1) is 0 Å². The van der Waals surface area contributed by atoms with Crippen LogP contribution < -0.4 is 5.32 Å². The molecule has 2 heterocycles. The molecular formula is C11H17NO2. The lowest BCUT2D eigenvalue weighted by atomic mass is 10.0. The molecule has 1 fully saturated rings. The molecule has 0 saturated carbocycles. The van der Waals surface area contributed by atoms with Gasteiger partial charge in [0, 0.05) is 18.7 Å². The average Bonchev–Trinajstić information content (AvgIpc) is 2.58. The van der Waals surface area contributed by atoms with Gasteiger partial charge in [-0.1, -0.05) is 0 Å². The number of hydrogen-bond acceptors (Lipinski definition) is 3. The van der Waals surface area contributed by atoms with E-state index in [1.54, 1.807) is 6.26 Å². The zero-order valence-corrected chi connectivity index (χ0v) is 8.75. The average molecular weight is 195 g/mol. The van der Waals surface area contributed by atoms with E-state index < -0.39 is 0 Å². The highest BCUT2D eigenvalue weighted by Gasteiger charge is 2.25. The third kappa shape index (κ3) is 2.16. The maximum Gasteiger partial charge on any atom is 0.133 e. The lowest BCUT2D eigenvalue weighted by molar-refractivity contribution is 0.0504. The lowest BCUT2D eigenvalue weighted by Crippen LogP contribution is -2.39. The van der Waals surface area contributed by atoms with Gasteiger partial charge in [0.1, 0.15) is 11.9 Å². The first-order chi connectivity index (χ1) is 6.67. The van der Waals surface area contributed by atoms with Gasteiger partial charge in [0.15, 0.2) is 0 Å². The zero-order valence-electron chi connectivity index (χ0n) is 8.75. The number of rotatable bonds is 1. The second kappa shape index (κ2) is 3.75. The van der Waals surface area contributed by atoms with Crippen LogP contribution in [0.25, 0.3) is 0 Å². The molecule has 1 unspecified atom stereocenters. The van der Waals surface area contributed by atoms with Crippen molar-refractivity contribution in [3.63, 3.8) is 0 Å². The summed E-state index contributed by atoms with van der Waals surface area (Å²) in [5.41, 5.74) is 0.168. The van der Waals surface area contributed by atoms with Gasteiger partial charge in [-0.25, -0.2) is 0 Å². The van der Waals surface area contributed by atoms with E-state index in [1.165, 1.54) is 0 Å². The van der Waals surface area contributed by atoms with Crippen LogP contribution in [0.1, 0.15) is 32.1 Å². The number of furan rings is 1. The van der Waals surface area contributed by atoms with Gasteiger partial charge in [0.25, 0.3) is 0 Å². The van der Waals surface area contributed by atoms with Crippen LogP contribution in [0.4, 0.5) is 0 Å². The summed E-state index contributed by atoms with van der Waals surface area (Å²) in [5, 5.41) is 3.47. The molecule has 1 aromatic rings. The summed E-state index contributed by atoms with van der Waals surface area (Å²) < 4.78 is 11.1. The number of ether oxygens (including phenoxy) is 1. The van der Waals surface area contributed by atoms with Crippen LogP contribution in [0.15, 0.2) is 22.8 Å². The highest BCUT2D eigenvalue weighted by molar-refractivity contribution is 5.04. The molecule has 3 nitrogen and oxygen atoms in total. The Morgan fingerprint density at radius 3 is 3.07 bits per heavy atom. The molecule has 1 N–H and O–H groups in total. The number of hydrogen-bond donors (Lipinski definition) is 1. The summed E-state index contributed by atoms with van der Waals surface area (Å²) in [6, 6.07) is 3.86. The predicted octanol–water partition coefficient (Wildman–Crippen LogP) is 2.11. The summed E-state index contributed by atoms with van der Waals surface area (Å²) in [5.74, 6) is 0.912. The highest BCUT2D eigenvalue weighted by Crippen LogP contribution is 2.23. The summed E-state index contributed by atoms with van der Waals surface area (Å²) in [6.07, 6.45) is 2.78. The second-order valence-corrected chi connectivity index (χ2v) is 4.39. The largest absolute Gasteiger partial charge is 0.467 e. The minimum atomic E-state index is 0.0618. The molecule has 78 valence electrons. The fraction of sp³-hybridized carbons (Fsp3) is 0.636. The molecule has 1 aromatic heterocycles. The monoisotopic (exact) mass is 195 g/mol. The molecule has 0 bridgehead atoms. The Morgan fingerprint density at radius 2 is 2.36 bits per heavy atom. The van der Waals surface area contributed by atoms with Gasteiger partial charge in [-0.05, 0) is 32.4 Å². The van der Waals surface area contributed by atoms with E-state index in [4.69, 9.17) is 9.15 Å². The van der Waals surface area contributed by atoms with Crippen LogP contribution in [-0.4, -0.2) is 18.7 Å². The van der Waals surface area contributed by atoms with Crippen LogP contribution in [-0.2, 0) is 4.74 Å². The van der Waals surface area contributed by atoms with Gasteiger partial charge in [-0.15, -0.1) is 0 Å². The van der Waals surface area contributed by atoms with Crippen LogP contribution >= 0.6 is 0 Å². The highest BCUT2D eigenvalue weighted by atomic mass is 16.5. The fourth-order valence-electron chi connectivity index (χ4n) is 1.63. The molecule has 1 saturated heterocycles. The molecule has 1 aliphatic rings. The third-order valence-corrected chi connectivity index (χ3v) is 2.67. The van der Waals surface area contributed by atoms with Crippen LogP contribution in [0.5, 0.6) is 0 Å². The van der Waals surface area contributed by atoms with Crippen molar-refractivity contribution in [1.29, 1.82) is 0 Å². The summed E-state index contributed by atoms with van der Waals surface area (Å²) in [6.45, 7) is 5.99. The van der Waals surface area contributed by atoms with Crippen molar-refractivity contribution in [3.8, 4) is 0 Å². The van der Waals surface area contributed by atoms with Gasteiger partial charge in [-0.3, -0.25) is 0 Å². The topological polar surface area (TPSA) is 34.4 Å². The molecular weight excluding hydrogens is 178 g/mol. The van der Waals surface area contributed by atoms with Gasteiger partial charge < -0.3 is 14.5 Å². The van der Waals surface area contributed by atoms with E-state index in [2.05, 4.69) is 19.2 Å². The molecule has 0 radical (unpaired) electrons. The second-order valence-electron chi connectivity index (χ2n) is 4.39. The van der Waals surface area contributed by atoms with Gasteiger partial charge in [0.05, 0.1) is 6.26 Å². The Bertz CT molecular complexity index is 279. The van der Waals surface area contributed by atoms with Crippen molar-refractivity contribution in [3.05, 3.63) is 24.2 Å². The van der Waals surface area contributed by atoms with Crippen molar-refractivity contribution in [2.24, 2.45) is 0 Å². The summed E-state index contributed by atoms with van der Waals surface area (Å²) in [7, 11) is 0. The Labute approximate surface area is 84.4 Å². The zero-order chi connectivity index (χ0) is 10.0. The molecule has 1 atom stereocenters. The van der Waals surface area contributed by atoms with Gasteiger partial charge in [-0.2, -0.15) is 0 Å². The Hall–Kier alpha value is -0.800. The van der Waals surface area contributed by atoms with Crippen LogP contribution in [0.2, 0.25) is 0 Å². The van der Waals surface area contributed by atoms with Gasteiger partial charge >= 0.3 is 0 Å². The first-order valence-electron chi connectivity index (χ1n) is 5.07. The summed E-state index contributed by atoms with van der Waals surface area (Å²) in [4.78, 5) is 0. The summed E-state index contributed by atoms with van der Waals surface area (Å²) >= 11 is 0. The first kappa shape index (κ1) is 9.74.